The van der Waals surface area contributed by atoms with Crippen LogP contribution < -0.4 is 4.74 Å². The van der Waals surface area contributed by atoms with Crippen molar-refractivity contribution in [2.24, 2.45) is 0 Å². The lowest BCUT2D eigenvalue weighted by Gasteiger charge is -2.29. The monoisotopic (exact) mass is 405 g/mol. The van der Waals surface area contributed by atoms with Crippen molar-refractivity contribution in [3.63, 3.8) is 0 Å². The molecule has 0 saturated heterocycles. The van der Waals surface area contributed by atoms with Gasteiger partial charge in [-0.1, -0.05) is 0 Å². The van der Waals surface area contributed by atoms with E-state index in [1.807, 2.05) is 13.8 Å². The number of nitrogens with zero attached hydrogens (tertiary/aromatic N) is 3. The Morgan fingerprint density at radius 3 is 2.80 bits per heavy atom. The third kappa shape index (κ3) is 4.49. The van der Waals surface area contributed by atoms with Crippen LogP contribution in [0.25, 0.3) is 6.08 Å². The van der Waals surface area contributed by atoms with Crippen LogP contribution in [0.5, 0.6) is 5.75 Å². The number of carbonyl (C=O) groups is 2. The van der Waals surface area contributed by atoms with Crippen molar-refractivity contribution in [2.75, 3.05) is 19.8 Å². The van der Waals surface area contributed by atoms with Gasteiger partial charge in [0.2, 0.25) is 0 Å². The number of aromatic nitrogens is 1. The van der Waals surface area contributed by atoms with Gasteiger partial charge in [0, 0.05) is 29.9 Å². The zero-order chi connectivity index (χ0) is 21.5. The van der Waals surface area contributed by atoms with Crippen molar-refractivity contribution in [3.05, 3.63) is 64.2 Å². The van der Waals surface area contributed by atoms with Gasteiger partial charge in [0.25, 0.3) is 5.91 Å². The molecule has 1 aliphatic rings. The summed E-state index contributed by atoms with van der Waals surface area (Å²) in [4.78, 5) is 30.7. The number of carbonyl (C=O) groups excluding carboxylic acids is 2. The Hall–Kier alpha value is -3.66. The lowest BCUT2D eigenvalue weighted by Crippen LogP contribution is -2.37. The van der Waals surface area contributed by atoms with Crippen LogP contribution in [-0.4, -0.2) is 41.8 Å². The summed E-state index contributed by atoms with van der Waals surface area (Å²) in [6.07, 6.45) is 6.12. The van der Waals surface area contributed by atoms with Crippen molar-refractivity contribution in [1.82, 2.24) is 9.88 Å². The molecule has 0 unspecified atom stereocenters. The highest BCUT2D eigenvalue weighted by atomic mass is 16.5. The molecular weight excluding hydrogens is 382 g/mol. The number of amides is 1. The van der Waals surface area contributed by atoms with Crippen LogP contribution in [0.4, 0.5) is 0 Å². The normalized spacial score (nSPS) is 13.1. The lowest BCUT2D eigenvalue weighted by atomic mass is 9.92. The summed E-state index contributed by atoms with van der Waals surface area (Å²) in [5.41, 5.74) is 3.53. The smallest absolute Gasteiger partial charge is 0.254 e. The summed E-state index contributed by atoms with van der Waals surface area (Å²) < 4.78 is 10.7. The zero-order valence-corrected chi connectivity index (χ0v) is 17.1. The van der Waals surface area contributed by atoms with Crippen molar-refractivity contribution in [3.8, 4) is 11.8 Å². The van der Waals surface area contributed by atoms with Gasteiger partial charge in [-0.2, -0.15) is 5.26 Å². The number of benzene rings is 1. The van der Waals surface area contributed by atoms with Gasteiger partial charge < -0.3 is 14.4 Å². The van der Waals surface area contributed by atoms with Gasteiger partial charge in [-0.15, -0.1) is 0 Å². The number of pyridine rings is 1. The molecule has 7 heteroatoms. The minimum Gasteiger partial charge on any atom is -0.501 e. The Morgan fingerprint density at radius 2 is 2.10 bits per heavy atom. The first-order valence-corrected chi connectivity index (χ1v) is 9.82. The zero-order valence-electron chi connectivity index (χ0n) is 17.1. The van der Waals surface area contributed by atoms with Crippen LogP contribution in [0.15, 0.2) is 30.7 Å². The first-order chi connectivity index (χ1) is 14.6. The fraction of sp³-hybridized carbons (Fsp3) is 0.304. The van der Waals surface area contributed by atoms with Gasteiger partial charge in [0.05, 0.1) is 31.7 Å². The van der Waals surface area contributed by atoms with E-state index in [4.69, 9.17) is 9.47 Å². The molecule has 2 aromatic rings. The van der Waals surface area contributed by atoms with Gasteiger partial charge in [-0.25, -0.2) is 0 Å². The molecule has 1 aliphatic heterocycles. The van der Waals surface area contributed by atoms with E-state index in [0.717, 1.165) is 17.4 Å². The number of aldehydes is 1. The van der Waals surface area contributed by atoms with Crippen LogP contribution >= 0.6 is 0 Å². The van der Waals surface area contributed by atoms with E-state index in [1.165, 1.54) is 6.20 Å². The number of hydrogen-bond donors (Lipinski definition) is 0. The predicted molar refractivity (Wildman–Crippen MR) is 111 cm³/mol. The van der Waals surface area contributed by atoms with Crippen molar-refractivity contribution >= 4 is 18.3 Å². The number of fused-ring (bicyclic) bond motifs is 1. The minimum atomic E-state index is -0.157. The second kappa shape index (κ2) is 9.70. The Bertz CT molecular complexity index is 1020. The van der Waals surface area contributed by atoms with Crippen LogP contribution in [0, 0.1) is 11.3 Å². The molecule has 3 rings (SSSR count). The molecule has 2 heterocycles. The summed E-state index contributed by atoms with van der Waals surface area (Å²) >= 11 is 0. The number of hydrogen-bond acceptors (Lipinski definition) is 6. The van der Waals surface area contributed by atoms with Gasteiger partial charge >= 0.3 is 0 Å². The van der Waals surface area contributed by atoms with Crippen molar-refractivity contribution in [2.45, 2.75) is 26.8 Å². The lowest BCUT2D eigenvalue weighted by molar-refractivity contribution is 0.0724. The number of nitriles is 1. The van der Waals surface area contributed by atoms with E-state index in [0.29, 0.717) is 60.9 Å². The van der Waals surface area contributed by atoms with Crippen LogP contribution in [0.2, 0.25) is 0 Å². The molecule has 1 aromatic heterocycles. The summed E-state index contributed by atoms with van der Waals surface area (Å²) in [6.45, 7) is 5.46. The van der Waals surface area contributed by atoms with Crippen LogP contribution in [0.1, 0.15) is 56.9 Å². The maximum atomic E-state index is 13.1. The Labute approximate surface area is 175 Å². The predicted octanol–water partition coefficient (Wildman–Crippen LogP) is 3.37. The molecule has 0 N–H and O–H groups in total. The first-order valence-electron chi connectivity index (χ1n) is 9.82. The largest absolute Gasteiger partial charge is 0.501 e. The molecule has 0 fully saturated rings. The minimum absolute atomic E-state index is 0.157. The second-order valence-electron chi connectivity index (χ2n) is 6.71. The van der Waals surface area contributed by atoms with Gasteiger partial charge in [-0.05, 0) is 49.6 Å². The van der Waals surface area contributed by atoms with Crippen LogP contribution in [-0.2, 0) is 17.7 Å². The standard InChI is InChI=1S/C23H23N3O4/c1-3-29-8-6-16-9-17(15-27)20-5-7-26(23(28)21(20)10-16)14-19-11-22(30-4-2)18(12-24)13-25-19/h6,8-11,13,15H,3-5,7,14H2,1-2H3. The quantitative estimate of drug-likeness (QED) is 0.494. The maximum absolute atomic E-state index is 13.1. The summed E-state index contributed by atoms with van der Waals surface area (Å²) in [5, 5.41) is 9.18. The average molecular weight is 405 g/mol. The van der Waals surface area contributed by atoms with Crippen LogP contribution in [0.3, 0.4) is 0 Å². The topological polar surface area (TPSA) is 92.5 Å². The van der Waals surface area contributed by atoms with E-state index < -0.39 is 0 Å². The molecule has 0 saturated carbocycles. The fourth-order valence-corrected chi connectivity index (χ4v) is 3.40. The number of ether oxygens (including phenoxy) is 2. The third-order valence-corrected chi connectivity index (χ3v) is 4.80. The first kappa shape index (κ1) is 21.1. The summed E-state index contributed by atoms with van der Waals surface area (Å²) in [7, 11) is 0. The van der Waals surface area contributed by atoms with E-state index in [1.54, 1.807) is 35.4 Å². The molecule has 154 valence electrons. The van der Waals surface area contributed by atoms with Gasteiger partial charge in [-0.3, -0.25) is 14.6 Å². The van der Waals surface area contributed by atoms with Gasteiger partial charge in [0.1, 0.15) is 23.7 Å². The maximum Gasteiger partial charge on any atom is 0.254 e. The highest BCUT2D eigenvalue weighted by molar-refractivity contribution is 6.00. The van der Waals surface area contributed by atoms with E-state index >= 15 is 0 Å². The Kier molecular flexibility index (Phi) is 6.81. The molecule has 30 heavy (non-hydrogen) atoms. The average Bonchev–Trinajstić information content (AvgIpc) is 2.76. The van der Waals surface area contributed by atoms with Gasteiger partial charge in [0.15, 0.2) is 0 Å². The summed E-state index contributed by atoms with van der Waals surface area (Å²) in [5.74, 6) is 0.302. The second-order valence-corrected chi connectivity index (χ2v) is 6.71. The molecule has 0 bridgehead atoms. The summed E-state index contributed by atoms with van der Waals surface area (Å²) in [6, 6.07) is 7.30. The van der Waals surface area contributed by atoms with E-state index in [2.05, 4.69) is 11.1 Å². The van der Waals surface area contributed by atoms with Crippen molar-refractivity contribution in [1.29, 1.82) is 5.26 Å². The molecule has 0 aliphatic carbocycles. The van der Waals surface area contributed by atoms with Crippen molar-refractivity contribution < 1.29 is 19.1 Å². The molecule has 1 amide bonds. The van der Waals surface area contributed by atoms with E-state index in [-0.39, 0.29) is 5.91 Å². The SMILES string of the molecule is CCOC=Cc1cc(C=O)c2c(c1)C(=O)N(Cc1cc(OCC)c(C#N)cn1)CC2. The molecule has 7 nitrogen and oxygen atoms in total. The molecule has 0 atom stereocenters. The Balaban J connectivity index is 1.88. The third-order valence-electron chi connectivity index (χ3n) is 4.80. The molecule has 0 radical (unpaired) electrons. The fourth-order valence-electron chi connectivity index (χ4n) is 3.40. The van der Waals surface area contributed by atoms with E-state index in [9.17, 15) is 14.9 Å². The Morgan fingerprint density at radius 1 is 1.27 bits per heavy atom. The molecular formula is C23H23N3O4. The highest BCUT2D eigenvalue weighted by Crippen LogP contribution is 2.26. The highest BCUT2D eigenvalue weighted by Gasteiger charge is 2.27. The molecule has 1 aromatic carbocycles. The number of rotatable bonds is 8. The molecule has 0 spiro atoms.